The molecule has 0 heterocycles. The van der Waals surface area contributed by atoms with Gasteiger partial charge in [0.2, 0.25) is 0 Å². The summed E-state index contributed by atoms with van der Waals surface area (Å²) in [5.41, 5.74) is 0. The highest BCUT2D eigenvalue weighted by Gasteiger charge is 2.40. The lowest BCUT2D eigenvalue weighted by molar-refractivity contribution is 0.272. The van der Waals surface area contributed by atoms with Crippen LogP contribution in [0.3, 0.4) is 0 Å². The molecular formula is C12H24. The minimum Gasteiger partial charge on any atom is -0.0628 e. The molecule has 1 saturated carbocycles. The topological polar surface area (TPSA) is 0 Å². The molecule has 0 aromatic rings. The van der Waals surface area contributed by atoms with Crippen LogP contribution in [-0.2, 0) is 0 Å². The Kier molecular flexibility index (Phi) is 3.20. The zero-order valence-electron chi connectivity index (χ0n) is 9.30. The van der Waals surface area contributed by atoms with Gasteiger partial charge in [-0.05, 0) is 42.4 Å². The first-order valence-corrected chi connectivity index (χ1v) is 5.52. The molecule has 0 saturated heterocycles. The maximum absolute atomic E-state index is 2.40. The van der Waals surface area contributed by atoms with E-state index in [0.717, 1.165) is 29.6 Å². The Bertz CT molecular complexity index is 135. The van der Waals surface area contributed by atoms with Crippen molar-refractivity contribution in [2.24, 2.45) is 29.6 Å². The predicted octanol–water partition coefficient (Wildman–Crippen LogP) is 3.96. The van der Waals surface area contributed by atoms with Crippen LogP contribution in [0, 0.1) is 29.6 Å². The van der Waals surface area contributed by atoms with E-state index >= 15 is 0 Å². The highest BCUT2D eigenvalue weighted by Crippen LogP contribution is 2.48. The van der Waals surface area contributed by atoms with Gasteiger partial charge in [0.1, 0.15) is 0 Å². The van der Waals surface area contributed by atoms with Gasteiger partial charge in [-0.2, -0.15) is 0 Å². The Balaban J connectivity index is 2.39. The molecule has 0 aromatic heterocycles. The molecule has 0 radical (unpaired) electrons. The van der Waals surface area contributed by atoms with Gasteiger partial charge < -0.3 is 0 Å². The Morgan fingerprint density at radius 1 is 1.17 bits per heavy atom. The first-order valence-electron chi connectivity index (χ1n) is 5.52. The van der Waals surface area contributed by atoms with E-state index in [1.165, 1.54) is 12.8 Å². The van der Waals surface area contributed by atoms with Crippen LogP contribution in [0.1, 0.15) is 47.5 Å². The predicted molar refractivity (Wildman–Crippen MR) is 55.1 cm³/mol. The molecule has 1 aliphatic carbocycles. The molecule has 12 heavy (non-hydrogen) atoms. The van der Waals surface area contributed by atoms with Crippen LogP contribution in [0.4, 0.5) is 0 Å². The molecule has 0 bridgehead atoms. The van der Waals surface area contributed by atoms with Crippen molar-refractivity contribution in [1.82, 2.24) is 0 Å². The highest BCUT2D eigenvalue weighted by molar-refractivity contribution is 4.89. The summed E-state index contributed by atoms with van der Waals surface area (Å²) in [6, 6.07) is 0. The summed E-state index contributed by atoms with van der Waals surface area (Å²) < 4.78 is 0. The average Bonchev–Trinajstić information content (AvgIpc) is 2.61. The molecule has 1 rings (SSSR count). The minimum absolute atomic E-state index is 0.880. The average molecular weight is 168 g/mol. The summed E-state index contributed by atoms with van der Waals surface area (Å²) in [5.74, 6) is 4.86. The molecule has 3 unspecified atom stereocenters. The van der Waals surface area contributed by atoms with E-state index in [0.29, 0.717) is 0 Å². The van der Waals surface area contributed by atoms with E-state index in [1.54, 1.807) is 0 Å². The van der Waals surface area contributed by atoms with Crippen LogP contribution in [-0.4, -0.2) is 0 Å². The van der Waals surface area contributed by atoms with Crippen LogP contribution < -0.4 is 0 Å². The van der Waals surface area contributed by atoms with Crippen molar-refractivity contribution in [3.8, 4) is 0 Å². The van der Waals surface area contributed by atoms with E-state index in [9.17, 15) is 0 Å². The summed E-state index contributed by atoms with van der Waals surface area (Å²) in [6.45, 7) is 11.9. The molecule has 0 spiro atoms. The third kappa shape index (κ3) is 2.50. The van der Waals surface area contributed by atoms with Gasteiger partial charge in [0.15, 0.2) is 0 Å². The summed E-state index contributed by atoms with van der Waals surface area (Å²) in [4.78, 5) is 0. The minimum atomic E-state index is 0.880. The lowest BCUT2D eigenvalue weighted by atomic mass is 9.83. The first kappa shape index (κ1) is 10.1. The zero-order chi connectivity index (χ0) is 9.30. The van der Waals surface area contributed by atoms with Crippen molar-refractivity contribution in [2.45, 2.75) is 47.5 Å². The SMILES string of the molecule is CC(C)CC(C(C)C)C1CC1C. The zero-order valence-corrected chi connectivity index (χ0v) is 9.30. The molecule has 3 atom stereocenters. The Labute approximate surface area is 77.7 Å². The van der Waals surface area contributed by atoms with Crippen LogP contribution in [0.15, 0.2) is 0 Å². The summed E-state index contributed by atoms with van der Waals surface area (Å²) in [5, 5.41) is 0. The lowest BCUT2D eigenvalue weighted by Crippen LogP contribution is -2.14. The smallest absolute Gasteiger partial charge is 0.0355 e. The maximum atomic E-state index is 2.40. The fourth-order valence-electron chi connectivity index (χ4n) is 2.43. The highest BCUT2D eigenvalue weighted by atomic mass is 14.5. The van der Waals surface area contributed by atoms with Crippen molar-refractivity contribution < 1.29 is 0 Å². The van der Waals surface area contributed by atoms with Gasteiger partial charge in [0.25, 0.3) is 0 Å². The first-order chi connectivity index (χ1) is 5.52. The van der Waals surface area contributed by atoms with Gasteiger partial charge in [-0.25, -0.2) is 0 Å². The summed E-state index contributed by atoms with van der Waals surface area (Å²) >= 11 is 0. The normalized spacial score (nSPS) is 31.2. The van der Waals surface area contributed by atoms with Gasteiger partial charge in [-0.15, -0.1) is 0 Å². The Morgan fingerprint density at radius 3 is 1.92 bits per heavy atom. The standard InChI is InChI=1S/C12H24/c1-8(2)6-11(9(3)4)12-7-10(12)5/h8-12H,6-7H2,1-5H3. The fraction of sp³-hybridized carbons (Fsp3) is 1.00. The molecule has 0 amide bonds. The molecule has 0 aromatic carbocycles. The Morgan fingerprint density at radius 2 is 1.67 bits per heavy atom. The second-order valence-electron chi connectivity index (χ2n) is 5.41. The molecule has 0 N–H and O–H groups in total. The van der Waals surface area contributed by atoms with Gasteiger partial charge >= 0.3 is 0 Å². The van der Waals surface area contributed by atoms with E-state index in [2.05, 4.69) is 34.6 Å². The van der Waals surface area contributed by atoms with Crippen molar-refractivity contribution in [3.63, 3.8) is 0 Å². The van der Waals surface area contributed by atoms with Crippen molar-refractivity contribution in [2.75, 3.05) is 0 Å². The molecule has 1 aliphatic rings. The molecule has 0 heteroatoms. The molecular weight excluding hydrogens is 144 g/mol. The lowest BCUT2D eigenvalue weighted by Gasteiger charge is -2.22. The fourth-order valence-corrected chi connectivity index (χ4v) is 2.43. The van der Waals surface area contributed by atoms with E-state index in [4.69, 9.17) is 0 Å². The van der Waals surface area contributed by atoms with Gasteiger partial charge in [0, 0.05) is 0 Å². The van der Waals surface area contributed by atoms with Crippen LogP contribution >= 0.6 is 0 Å². The number of hydrogen-bond donors (Lipinski definition) is 0. The number of rotatable bonds is 4. The third-order valence-corrected chi connectivity index (χ3v) is 3.32. The monoisotopic (exact) mass is 168 g/mol. The summed E-state index contributed by atoms with van der Waals surface area (Å²) in [6.07, 6.45) is 2.93. The quantitative estimate of drug-likeness (QED) is 0.596. The van der Waals surface area contributed by atoms with Crippen LogP contribution in [0.5, 0.6) is 0 Å². The van der Waals surface area contributed by atoms with E-state index in [1.807, 2.05) is 0 Å². The van der Waals surface area contributed by atoms with E-state index in [-0.39, 0.29) is 0 Å². The molecule has 1 fully saturated rings. The second kappa shape index (κ2) is 3.81. The molecule has 0 aliphatic heterocycles. The summed E-state index contributed by atoms with van der Waals surface area (Å²) in [7, 11) is 0. The maximum Gasteiger partial charge on any atom is -0.0355 e. The Hall–Kier alpha value is 0. The largest absolute Gasteiger partial charge is 0.0628 e. The van der Waals surface area contributed by atoms with Crippen molar-refractivity contribution in [1.29, 1.82) is 0 Å². The third-order valence-electron chi connectivity index (χ3n) is 3.32. The molecule has 72 valence electrons. The number of hydrogen-bond acceptors (Lipinski definition) is 0. The molecule has 0 nitrogen and oxygen atoms in total. The van der Waals surface area contributed by atoms with Crippen molar-refractivity contribution in [3.05, 3.63) is 0 Å². The van der Waals surface area contributed by atoms with Crippen LogP contribution in [0.25, 0.3) is 0 Å². The van der Waals surface area contributed by atoms with Gasteiger partial charge in [-0.3, -0.25) is 0 Å². The van der Waals surface area contributed by atoms with Gasteiger partial charge in [0.05, 0.1) is 0 Å². The van der Waals surface area contributed by atoms with E-state index < -0.39 is 0 Å². The second-order valence-corrected chi connectivity index (χ2v) is 5.41. The van der Waals surface area contributed by atoms with Gasteiger partial charge in [-0.1, -0.05) is 34.6 Å². The van der Waals surface area contributed by atoms with Crippen LogP contribution in [0.2, 0.25) is 0 Å². The van der Waals surface area contributed by atoms with Crippen molar-refractivity contribution >= 4 is 0 Å².